The zero-order valence-corrected chi connectivity index (χ0v) is 15.1. The Bertz CT molecular complexity index is 384. The molecule has 0 radical (unpaired) electrons. The maximum atomic E-state index is 5.19. The Morgan fingerprint density at radius 3 is 2.40 bits per heavy atom. The molecule has 0 atom stereocenters. The van der Waals surface area contributed by atoms with Crippen molar-refractivity contribution in [1.29, 1.82) is 0 Å². The molecule has 1 aromatic rings. The van der Waals surface area contributed by atoms with Gasteiger partial charge in [-0.1, -0.05) is 19.0 Å². The summed E-state index contributed by atoms with van der Waals surface area (Å²) >= 11 is 0. The van der Waals surface area contributed by atoms with E-state index >= 15 is 0 Å². The first kappa shape index (κ1) is 19.1. The molecule has 0 aliphatic heterocycles. The average Bonchev–Trinajstić information content (AvgIpc) is 2.84. The first-order valence-electron chi connectivity index (χ1n) is 7.02. The van der Waals surface area contributed by atoms with Gasteiger partial charge in [-0.2, -0.15) is 4.98 Å². The Morgan fingerprint density at radius 2 is 1.90 bits per heavy atom. The van der Waals surface area contributed by atoms with Crippen molar-refractivity contribution in [3.8, 4) is 0 Å². The van der Waals surface area contributed by atoms with E-state index in [0.29, 0.717) is 11.8 Å². The molecule has 6 nitrogen and oxygen atoms in total. The van der Waals surface area contributed by atoms with Crippen LogP contribution < -0.4 is 10.6 Å². The number of nitrogens with zero attached hydrogens (tertiary/aromatic N) is 3. The molecule has 0 aliphatic carbocycles. The van der Waals surface area contributed by atoms with Crippen molar-refractivity contribution in [3.05, 3.63) is 11.7 Å². The summed E-state index contributed by atoms with van der Waals surface area (Å²) in [6, 6.07) is 0. The third kappa shape index (κ3) is 7.06. The van der Waals surface area contributed by atoms with Gasteiger partial charge in [-0.25, -0.2) is 0 Å². The van der Waals surface area contributed by atoms with Gasteiger partial charge in [-0.05, 0) is 20.3 Å². The molecule has 7 heteroatoms. The Morgan fingerprint density at radius 1 is 1.25 bits per heavy atom. The first-order valence-corrected chi connectivity index (χ1v) is 7.02. The second kappa shape index (κ2) is 10.9. The van der Waals surface area contributed by atoms with Gasteiger partial charge >= 0.3 is 0 Å². The maximum Gasteiger partial charge on any atom is 0.226 e. The van der Waals surface area contributed by atoms with Crippen LogP contribution in [0, 0.1) is 0 Å². The quantitative estimate of drug-likeness (QED) is 0.321. The normalized spacial score (nSPS) is 10.1. The number of guanidine groups is 1. The molecule has 0 aliphatic rings. The van der Waals surface area contributed by atoms with Crippen molar-refractivity contribution in [3.63, 3.8) is 0 Å². The monoisotopic (exact) mass is 395 g/mol. The van der Waals surface area contributed by atoms with E-state index in [0.717, 1.165) is 44.3 Å². The third-order valence-corrected chi connectivity index (χ3v) is 2.51. The number of aromatic nitrogens is 2. The molecule has 0 fully saturated rings. The minimum atomic E-state index is 0. The molecule has 1 aromatic heterocycles. The minimum absolute atomic E-state index is 0. The van der Waals surface area contributed by atoms with Gasteiger partial charge in [0.15, 0.2) is 11.8 Å². The molecule has 0 amide bonds. The number of nitrogens with one attached hydrogen (secondary N) is 2. The van der Waals surface area contributed by atoms with Gasteiger partial charge in [0, 0.05) is 32.0 Å². The summed E-state index contributed by atoms with van der Waals surface area (Å²) in [5.74, 6) is 2.65. The minimum Gasteiger partial charge on any atom is -0.357 e. The fourth-order valence-corrected chi connectivity index (χ4v) is 1.53. The van der Waals surface area contributed by atoms with Crippen molar-refractivity contribution < 1.29 is 4.52 Å². The van der Waals surface area contributed by atoms with Gasteiger partial charge < -0.3 is 15.2 Å². The van der Waals surface area contributed by atoms with Crippen LogP contribution in [0.25, 0.3) is 0 Å². The van der Waals surface area contributed by atoms with E-state index in [9.17, 15) is 0 Å². The van der Waals surface area contributed by atoms with Crippen molar-refractivity contribution in [1.82, 2.24) is 20.8 Å². The fourth-order valence-electron chi connectivity index (χ4n) is 1.53. The molecule has 0 bridgehead atoms. The van der Waals surface area contributed by atoms with Crippen molar-refractivity contribution >= 4 is 29.9 Å². The first-order chi connectivity index (χ1) is 9.17. The predicted octanol–water partition coefficient (Wildman–Crippen LogP) is 2.32. The smallest absolute Gasteiger partial charge is 0.226 e. The molecular formula is C13H26IN5O. The van der Waals surface area contributed by atoms with E-state index in [1.165, 1.54) is 0 Å². The van der Waals surface area contributed by atoms with Gasteiger partial charge in [0.05, 0.1) is 0 Å². The van der Waals surface area contributed by atoms with Crippen LogP contribution in [0.5, 0.6) is 0 Å². The Balaban J connectivity index is 0.00000361. The summed E-state index contributed by atoms with van der Waals surface area (Å²) in [7, 11) is 0. The highest BCUT2D eigenvalue weighted by Crippen LogP contribution is 2.10. The number of hydrogen-bond donors (Lipinski definition) is 2. The van der Waals surface area contributed by atoms with Crippen molar-refractivity contribution in [2.75, 3.05) is 19.6 Å². The van der Waals surface area contributed by atoms with Crippen molar-refractivity contribution in [2.45, 2.75) is 46.5 Å². The highest BCUT2D eigenvalue weighted by Gasteiger charge is 2.08. The van der Waals surface area contributed by atoms with Gasteiger partial charge in [0.25, 0.3) is 0 Å². The van der Waals surface area contributed by atoms with Crippen LogP contribution in [0.15, 0.2) is 9.52 Å². The zero-order valence-electron chi connectivity index (χ0n) is 12.8. The molecule has 2 N–H and O–H groups in total. The van der Waals surface area contributed by atoms with Crippen molar-refractivity contribution in [2.24, 2.45) is 4.99 Å². The molecule has 1 rings (SSSR count). The lowest BCUT2D eigenvalue weighted by atomic mass is 10.2. The lowest BCUT2D eigenvalue weighted by Gasteiger charge is -2.08. The molecule has 1 heterocycles. The van der Waals surface area contributed by atoms with E-state index in [1.54, 1.807) is 0 Å². The van der Waals surface area contributed by atoms with Crippen LogP contribution >= 0.6 is 24.0 Å². The largest absolute Gasteiger partial charge is 0.357 e. The molecule has 0 unspecified atom stereocenters. The lowest BCUT2D eigenvalue weighted by molar-refractivity contribution is 0.369. The van der Waals surface area contributed by atoms with Crippen LogP contribution in [0.3, 0.4) is 0 Å². The molecule has 0 saturated carbocycles. The van der Waals surface area contributed by atoms with E-state index in [4.69, 9.17) is 4.52 Å². The zero-order chi connectivity index (χ0) is 14.1. The summed E-state index contributed by atoms with van der Waals surface area (Å²) in [4.78, 5) is 8.81. The highest BCUT2D eigenvalue weighted by molar-refractivity contribution is 14.0. The van der Waals surface area contributed by atoms with Crippen LogP contribution in [0.4, 0.5) is 0 Å². The van der Waals surface area contributed by atoms with E-state index in [2.05, 4.69) is 53.5 Å². The second-order valence-corrected chi connectivity index (χ2v) is 4.60. The number of rotatable bonds is 7. The Kier molecular flexibility index (Phi) is 10.4. The summed E-state index contributed by atoms with van der Waals surface area (Å²) in [5.41, 5.74) is 0. The van der Waals surface area contributed by atoms with E-state index < -0.39 is 0 Å². The number of hydrogen-bond acceptors (Lipinski definition) is 4. The molecule has 0 saturated heterocycles. The Hall–Kier alpha value is -0.860. The van der Waals surface area contributed by atoms with Crippen LogP contribution in [-0.2, 0) is 6.42 Å². The topological polar surface area (TPSA) is 75.3 Å². The molecule has 0 spiro atoms. The summed E-state index contributed by atoms with van der Waals surface area (Å²) in [5, 5.41) is 10.3. The standard InChI is InChI=1S/C13H25N5O.HI/c1-5-14-13(15-6-2)16-9-7-8-11-17-12(10(3)4)18-19-11;/h10H,5-9H2,1-4H3,(H2,14,15,16);1H. The van der Waals surface area contributed by atoms with E-state index in [1.807, 2.05) is 0 Å². The molecule has 116 valence electrons. The second-order valence-electron chi connectivity index (χ2n) is 4.60. The van der Waals surface area contributed by atoms with Gasteiger partial charge in [0.1, 0.15) is 0 Å². The molecular weight excluding hydrogens is 369 g/mol. The summed E-state index contributed by atoms with van der Waals surface area (Å²) in [6.45, 7) is 10.7. The highest BCUT2D eigenvalue weighted by atomic mass is 127. The average molecular weight is 395 g/mol. The maximum absolute atomic E-state index is 5.19. The summed E-state index contributed by atoms with van der Waals surface area (Å²) in [6.07, 6.45) is 1.68. The van der Waals surface area contributed by atoms with E-state index in [-0.39, 0.29) is 24.0 Å². The molecule has 0 aromatic carbocycles. The van der Waals surface area contributed by atoms with Crippen LogP contribution in [-0.4, -0.2) is 35.7 Å². The van der Waals surface area contributed by atoms with Crippen LogP contribution in [0.1, 0.15) is 51.7 Å². The Labute approximate surface area is 138 Å². The third-order valence-electron chi connectivity index (χ3n) is 2.51. The predicted molar refractivity (Wildman–Crippen MR) is 91.8 cm³/mol. The number of aliphatic imine (C=N–C) groups is 1. The van der Waals surface area contributed by atoms with Gasteiger partial charge in [0.2, 0.25) is 5.89 Å². The number of halogens is 1. The summed E-state index contributed by atoms with van der Waals surface area (Å²) < 4.78 is 5.19. The number of aryl methyl sites for hydroxylation is 1. The van der Waals surface area contributed by atoms with Gasteiger partial charge in [-0.15, -0.1) is 24.0 Å². The lowest BCUT2D eigenvalue weighted by Crippen LogP contribution is -2.37. The molecule has 20 heavy (non-hydrogen) atoms. The SMILES string of the molecule is CCNC(=NCCCc1nc(C(C)C)no1)NCC.I. The van der Waals surface area contributed by atoms with Gasteiger partial charge in [-0.3, -0.25) is 4.99 Å². The fraction of sp³-hybridized carbons (Fsp3) is 0.769. The van der Waals surface area contributed by atoms with Crippen LogP contribution in [0.2, 0.25) is 0 Å².